The van der Waals surface area contributed by atoms with Gasteiger partial charge in [0, 0.05) is 0 Å². The monoisotopic (exact) mass is 384 g/mol. The van der Waals surface area contributed by atoms with Gasteiger partial charge in [-0.05, 0) is 47.4 Å². The van der Waals surface area contributed by atoms with Crippen LogP contribution in [0.2, 0.25) is 0 Å². The van der Waals surface area contributed by atoms with Gasteiger partial charge in [0.05, 0.1) is 5.52 Å². The molecule has 0 saturated carbocycles. The van der Waals surface area contributed by atoms with Crippen molar-refractivity contribution in [3.8, 4) is 17.1 Å². The first kappa shape index (κ1) is 17.4. The highest BCUT2D eigenvalue weighted by molar-refractivity contribution is 5.78. The Labute approximate surface area is 167 Å². The summed E-state index contributed by atoms with van der Waals surface area (Å²) >= 11 is 0. The molecular weight excluding hydrogens is 364 g/mol. The zero-order valence-corrected chi connectivity index (χ0v) is 16.4. The largest absolute Gasteiger partial charge is 0.504 e. The number of fused-ring (bicyclic) bond motifs is 2. The summed E-state index contributed by atoms with van der Waals surface area (Å²) in [5.41, 5.74) is 5.03. The Balaban J connectivity index is 1.80. The molecule has 0 fully saturated rings. The number of aromatic hydroxyl groups is 1. The van der Waals surface area contributed by atoms with Crippen LogP contribution in [-0.4, -0.2) is 35.1 Å². The number of phenols is 1. The van der Waals surface area contributed by atoms with Crippen molar-refractivity contribution < 1.29 is 5.11 Å². The molecule has 2 aromatic heterocycles. The highest BCUT2D eigenvalue weighted by atomic mass is 16.3. The second-order valence-electron chi connectivity index (χ2n) is 8.08. The van der Waals surface area contributed by atoms with Crippen molar-refractivity contribution >= 4 is 22.1 Å². The van der Waals surface area contributed by atoms with Crippen LogP contribution in [0.1, 0.15) is 26.3 Å². The van der Waals surface area contributed by atoms with Crippen LogP contribution in [0, 0.1) is 0 Å². The Kier molecular flexibility index (Phi) is 3.67. The molecule has 0 radical (unpaired) electrons. The zero-order valence-electron chi connectivity index (χ0n) is 16.4. The zero-order chi connectivity index (χ0) is 20.2. The smallest absolute Gasteiger partial charge is 0.169 e. The van der Waals surface area contributed by atoms with E-state index in [0.29, 0.717) is 11.4 Å². The quantitative estimate of drug-likeness (QED) is 0.494. The van der Waals surface area contributed by atoms with Crippen molar-refractivity contribution in [2.24, 2.45) is 0 Å². The van der Waals surface area contributed by atoms with Crippen molar-refractivity contribution in [2.75, 3.05) is 0 Å². The van der Waals surface area contributed by atoms with Gasteiger partial charge in [0.1, 0.15) is 27.9 Å². The average Bonchev–Trinajstić information content (AvgIpc) is 3.31. The minimum absolute atomic E-state index is 0.0500. The number of rotatable bonds is 2. The Hall–Kier alpha value is -3.74. The van der Waals surface area contributed by atoms with Gasteiger partial charge in [-0.15, -0.1) is 20.1 Å². The van der Waals surface area contributed by atoms with E-state index in [1.807, 2.05) is 60.7 Å². The summed E-state index contributed by atoms with van der Waals surface area (Å²) in [5.74, 6) is 0.0500. The standard InChI is InChI=1S/C22H20N6O/c1-22(2,3)14-12-19(27-18-11-7-6-10-17(18)23-26-27)21(29)20(13-14)28-24-15-8-4-5-9-16(15)25-28/h4-13,29H,1-3H3. The number of aromatic nitrogens is 6. The summed E-state index contributed by atoms with van der Waals surface area (Å²) in [5, 5.41) is 28.8. The van der Waals surface area contributed by atoms with Gasteiger partial charge >= 0.3 is 0 Å². The number of para-hydroxylation sites is 1. The van der Waals surface area contributed by atoms with Crippen molar-refractivity contribution in [2.45, 2.75) is 26.2 Å². The third kappa shape index (κ3) is 2.82. The van der Waals surface area contributed by atoms with E-state index in [0.717, 1.165) is 27.6 Å². The third-order valence-corrected chi connectivity index (χ3v) is 5.02. The third-order valence-electron chi connectivity index (χ3n) is 5.02. The summed E-state index contributed by atoms with van der Waals surface area (Å²) in [7, 11) is 0. The molecule has 5 rings (SSSR count). The molecule has 5 aromatic rings. The Bertz CT molecular complexity index is 1330. The van der Waals surface area contributed by atoms with Gasteiger partial charge in [-0.2, -0.15) is 0 Å². The SMILES string of the molecule is CC(C)(C)c1cc(-n2nc3ccccc3n2)c(O)c(-n2nnc3ccccc32)c1. The van der Waals surface area contributed by atoms with Crippen molar-refractivity contribution in [3.63, 3.8) is 0 Å². The van der Waals surface area contributed by atoms with Gasteiger partial charge in [-0.1, -0.05) is 50.3 Å². The predicted molar refractivity (Wildman–Crippen MR) is 112 cm³/mol. The van der Waals surface area contributed by atoms with E-state index >= 15 is 0 Å². The van der Waals surface area contributed by atoms with Crippen LogP contribution in [0.3, 0.4) is 0 Å². The molecule has 0 saturated heterocycles. The first-order valence-electron chi connectivity index (χ1n) is 9.42. The van der Waals surface area contributed by atoms with Crippen LogP contribution in [0.25, 0.3) is 33.4 Å². The minimum atomic E-state index is -0.153. The lowest BCUT2D eigenvalue weighted by molar-refractivity contribution is 0.461. The predicted octanol–water partition coefficient (Wildman–Crippen LogP) is 4.16. The van der Waals surface area contributed by atoms with Gasteiger partial charge in [0.25, 0.3) is 0 Å². The van der Waals surface area contributed by atoms with Crippen molar-refractivity contribution in [1.82, 2.24) is 30.0 Å². The molecule has 29 heavy (non-hydrogen) atoms. The average molecular weight is 384 g/mol. The molecule has 0 unspecified atom stereocenters. The van der Waals surface area contributed by atoms with E-state index in [1.54, 1.807) is 4.68 Å². The van der Waals surface area contributed by atoms with Crippen molar-refractivity contribution in [1.29, 1.82) is 0 Å². The van der Waals surface area contributed by atoms with E-state index in [9.17, 15) is 5.11 Å². The second kappa shape index (κ2) is 6.13. The summed E-state index contributed by atoms with van der Waals surface area (Å²) in [6.07, 6.45) is 0. The first-order chi connectivity index (χ1) is 13.9. The molecule has 1 N–H and O–H groups in total. The number of phenolic OH excluding ortho intramolecular Hbond substituents is 1. The molecule has 144 valence electrons. The maximum atomic E-state index is 11.2. The maximum Gasteiger partial charge on any atom is 0.169 e. The first-order valence-corrected chi connectivity index (χ1v) is 9.42. The molecule has 0 aliphatic rings. The molecule has 0 atom stereocenters. The number of hydrogen-bond donors (Lipinski definition) is 1. The molecule has 0 amide bonds. The van der Waals surface area contributed by atoms with Gasteiger partial charge in [-0.25, -0.2) is 4.68 Å². The Morgan fingerprint density at radius 3 is 2.03 bits per heavy atom. The Morgan fingerprint density at radius 2 is 1.38 bits per heavy atom. The molecule has 0 aliphatic carbocycles. The number of hydrogen-bond acceptors (Lipinski definition) is 5. The highest BCUT2D eigenvalue weighted by Gasteiger charge is 2.23. The lowest BCUT2D eigenvalue weighted by atomic mass is 9.86. The lowest BCUT2D eigenvalue weighted by Crippen LogP contribution is -2.14. The topological polar surface area (TPSA) is 81.6 Å². The van der Waals surface area contributed by atoms with Crippen LogP contribution in [-0.2, 0) is 5.41 Å². The van der Waals surface area contributed by atoms with E-state index in [1.165, 1.54) is 4.80 Å². The van der Waals surface area contributed by atoms with Gasteiger partial charge in [0.2, 0.25) is 0 Å². The molecule has 0 bridgehead atoms. The van der Waals surface area contributed by atoms with Gasteiger partial charge < -0.3 is 5.11 Å². The minimum Gasteiger partial charge on any atom is -0.504 e. The second-order valence-corrected chi connectivity index (χ2v) is 8.08. The molecular formula is C22H20N6O. The van der Waals surface area contributed by atoms with E-state index in [2.05, 4.69) is 41.3 Å². The molecule has 7 heteroatoms. The highest BCUT2D eigenvalue weighted by Crippen LogP contribution is 2.36. The molecule has 0 aliphatic heterocycles. The fraction of sp³-hybridized carbons (Fsp3) is 0.182. The molecule has 0 spiro atoms. The number of nitrogens with zero attached hydrogens (tertiary/aromatic N) is 6. The Morgan fingerprint density at radius 1 is 0.793 bits per heavy atom. The molecule has 2 heterocycles. The van der Waals surface area contributed by atoms with Gasteiger partial charge in [0.15, 0.2) is 5.75 Å². The van der Waals surface area contributed by atoms with E-state index < -0.39 is 0 Å². The van der Waals surface area contributed by atoms with E-state index in [-0.39, 0.29) is 11.2 Å². The summed E-state index contributed by atoms with van der Waals surface area (Å²) in [6, 6.07) is 19.2. The molecule has 3 aromatic carbocycles. The fourth-order valence-corrected chi connectivity index (χ4v) is 3.37. The van der Waals surface area contributed by atoms with Crippen LogP contribution in [0.5, 0.6) is 5.75 Å². The number of benzene rings is 3. The van der Waals surface area contributed by atoms with Crippen LogP contribution in [0.15, 0.2) is 60.7 Å². The van der Waals surface area contributed by atoms with E-state index in [4.69, 9.17) is 0 Å². The maximum absolute atomic E-state index is 11.2. The normalized spacial score (nSPS) is 12.1. The summed E-state index contributed by atoms with van der Waals surface area (Å²) in [6.45, 7) is 6.37. The summed E-state index contributed by atoms with van der Waals surface area (Å²) < 4.78 is 1.66. The van der Waals surface area contributed by atoms with Crippen LogP contribution >= 0.6 is 0 Å². The lowest BCUT2D eigenvalue weighted by Gasteiger charge is -2.22. The van der Waals surface area contributed by atoms with Crippen LogP contribution < -0.4 is 0 Å². The molecule has 7 nitrogen and oxygen atoms in total. The van der Waals surface area contributed by atoms with Crippen LogP contribution in [0.4, 0.5) is 0 Å². The van der Waals surface area contributed by atoms with Crippen molar-refractivity contribution in [3.05, 3.63) is 66.2 Å². The summed E-state index contributed by atoms with van der Waals surface area (Å²) in [4.78, 5) is 1.48. The fourth-order valence-electron chi connectivity index (χ4n) is 3.37. The van der Waals surface area contributed by atoms with Gasteiger partial charge in [-0.3, -0.25) is 0 Å².